The van der Waals surface area contributed by atoms with Crippen molar-refractivity contribution in [3.63, 3.8) is 0 Å². The van der Waals surface area contributed by atoms with E-state index in [0.29, 0.717) is 11.4 Å². The number of carbonyl (C=O) groups excluding carboxylic acids is 1. The zero-order chi connectivity index (χ0) is 15.9. The third-order valence-corrected chi connectivity index (χ3v) is 2.76. The van der Waals surface area contributed by atoms with Gasteiger partial charge in [-0.3, -0.25) is 4.98 Å². The maximum absolute atomic E-state index is 12.8. The number of esters is 1. The van der Waals surface area contributed by atoms with Gasteiger partial charge in [-0.2, -0.15) is 0 Å². The number of pyridine rings is 1. The van der Waals surface area contributed by atoms with Crippen molar-refractivity contribution in [2.75, 3.05) is 7.11 Å². The molecule has 0 aliphatic heterocycles. The van der Waals surface area contributed by atoms with Gasteiger partial charge in [-0.05, 0) is 29.8 Å². The molecule has 22 heavy (non-hydrogen) atoms. The van der Waals surface area contributed by atoms with Gasteiger partial charge in [0.25, 0.3) is 0 Å². The van der Waals surface area contributed by atoms with Crippen molar-refractivity contribution >= 4 is 12.0 Å². The number of aliphatic hydroxyl groups excluding tert-OH is 1. The van der Waals surface area contributed by atoms with Crippen LogP contribution < -0.4 is 4.74 Å². The summed E-state index contributed by atoms with van der Waals surface area (Å²) in [6.45, 7) is 0.282. The Kier molecular flexibility index (Phi) is 5.08. The molecule has 0 aliphatic rings. The fourth-order valence-corrected chi connectivity index (χ4v) is 1.61. The first kappa shape index (κ1) is 15.5. The molecule has 1 aromatic carbocycles. The SMILES string of the molecule is COC(=O)C(O)=Cc1ccc(OCc2ccc(F)cc2)cn1. The van der Waals surface area contributed by atoms with Crippen LogP contribution in [0.4, 0.5) is 4.39 Å². The Bertz CT molecular complexity index is 666. The molecule has 0 saturated heterocycles. The monoisotopic (exact) mass is 303 g/mol. The van der Waals surface area contributed by atoms with Gasteiger partial charge in [0.2, 0.25) is 5.76 Å². The second-order valence-electron chi connectivity index (χ2n) is 4.36. The predicted molar refractivity (Wildman–Crippen MR) is 77.6 cm³/mol. The molecule has 0 aliphatic carbocycles. The average Bonchev–Trinajstić information content (AvgIpc) is 2.55. The van der Waals surface area contributed by atoms with Crippen molar-refractivity contribution < 1.29 is 23.8 Å². The highest BCUT2D eigenvalue weighted by Crippen LogP contribution is 2.13. The van der Waals surface area contributed by atoms with Gasteiger partial charge in [0.15, 0.2) is 0 Å². The van der Waals surface area contributed by atoms with Crippen LogP contribution in [0, 0.1) is 5.82 Å². The Labute approximate surface area is 126 Å². The summed E-state index contributed by atoms with van der Waals surface area (Å²) in [7, 11) is 1.17. The van der Waals surface area contributed by atoms with E-state index in [1.54, 1.807) is 24.3 Å². The van der Waals surface area contributed by atoms with Gasteiger partial charge < -0.3 is 14.6 Å². The van der Waals surface area contributed by atoms with Gasteiger partial charge in [0, 0.05) is 6.08 Å². The highest BCUT2D eigenvalue weighted by Gasteiger charge is 2.07. The standard InChI is InChI=1S/C16H14FNO4/c1-21-16(20)15(19)8-13-6-7-14(9-18-13)22-10-11-2-4-12(17)5-3-11/h2-9,19H,10H2,1H3. The Hall–Kier alpha value is -2.89. The fourth-order valence-electron chi connectivity index (χ4n) is 1.61. The molecule has 2 aromatic rings. The summed E-state index contributed by atoms with van der Waals surface area (Å²) in [5.41, 5.74) is 1.21. The summed E-state index contributed by atoms with van der Waals surface area (Å²) >= 11 is 0. The van der Waals surface area contributed by atoms with E-state index in [-0.39, 0.29) is 12.4 Å². The van der Waals surface area contributed by atoms with E-state index < -0.39 is 11.7 Å². The smallest absolute Gasteiger partial charge is 0.373 e. The molecule has 1 N–H and O–H groups in total. The fraction of sp³-hybridized carbons (Fsp3) is 0.125. The minimum atomic E-state index is -0.835. The number of hydrogen-bond donors (Lipinski definition) is 1. The first-order valence-corrected chi connectivity index (χ1v) is 6.41. The largest absolute Gasteiger partial charge is 0.502 e. The number of carbonyl (C=O) groups is 1. The van der Waals surface area contributed by atoms with E-state index >= 15 is 0 Å². The number of ether oxygens (including phenoxy) is 2. The first-order valence-electron chi connectivity index (χ1n) is 6.41. The second-order valence-corrected chi connectivity index (χ2v) is 4.36. The number of aliphatic hydroxyl groups is 1. The number of halogens is 1. The summed E-state index contributed by atoms with van der Waals surface area (Å²) in [5, 5.41) is 9.40. The summed E-state index contributed by atoms with van der Waals surface area (Å²) in [6.07, 6.45) is 2.65. The molecular weight excluding hydrogens is 289 g/mol. The van der Waals surface area contributed by atoms with Crippen LogP contribution in [0.2, 0.25) is 0 Å². The lowest BCUT2D eigenvalue weighted by Gasteiger charge is -2.06. The van der Waals surface area contributed by atoms with Crippen molar-refractivity contribution in [3.8, 4) is 5.75 Å². The molecule has 0 bridgehead atoms. The first-order chi connectivity index (χ1) is 10.6. The number of aromatic nitrogens is 1. The summed E-state index contributed by atoms with van der Waals surface area (Å²) in [6, 6.07) is 9.22. The van der Waals surface area contributed by atoms with E-state index in [2.05, 4.69) is 9.72 Å². The van der Waals surface area contributed by atoms with Crippen LogP contribution in [0.1, 0.15) is 11.3 Å². The van der Waals surface area contributed by atoms with Gasteiger partial charge >= 0.3 is 5.97 Å². The van der Waals surface area contributed by atoms with E-state index in [1.165, 1.54) is 31.5 Å². The summed E-state index contributed by atoms with van der Waals surface area (Å²) in [5.74, 6) is -1.15. The Morgan fingerprint density at radius 3 is 2.59 bits per heavy atom. The maximum Gasteiger partial charge on any atom is 0.373 e. The second kappa shape index (κ2) is 7.21. The minimum absolute atomic E-state index is 0.282. The quantitative estimate of drug-likeness (QED) is 0.522. The third-order valence-electron chi connectivity index (χ3n) is 2.76. The molecule has 1 heterocycles. The van der Waals surface area contributed by atoms with Crippen molar-refractivity contribution in [3.05, 3.63) is 65.4 Å². The molecule has 6 heteroatoms. The predicted octanol–water partition coefficient (Wildman–Crippen LogP) is 2.87. The van der Waals surface area contributed by atoms with Crippen molar-refractivity contribution in [1.29, 1.82) is 0 Å². The van der Waals surface area contributed by atoms with Gasteiger partial charge in [-0.15, -0.1) is 0 Å². The molecule has 1 aromatic heterocycles. The number of benzene rings is 1. The summed E-state index contributed by atoms with van der Waals surface area (Å²) < 4.78 is 22.6. The van der Waals surface area contributed by atoms with Crippen molar-refractivity contribution in [2.45, 2.75) is 6.61 Å². The molecule has 0 saturated carbocycles. The normalized spacial score (nSPS) is 11.1. The van der Waals surface area contributed by atoms with Gasteiger partial charge in [-0.25, -0.2) is 9.18 Å². The van der Waals surface area contributed by atoms with Gasteiger partial charge in [0.1, 0.15) is 18.2 Å². The van der Waals surface area contributed by atoms with Crippen LogP contribution in [0.5, 0.6) is 5.75 Å². The number of hydrogen-bond acceptors (Lipinski definition) is 5. The molecule has 0 radical (unpaired) electrons. The highest BCUT2D eigenvalue weighted by molar-refractivity contribution is 5.90. The molecule has 0 unspecified atom stereocenters. The maximum atomic E-state index is 12.8. The lowest BCUT2D eigenvalue weighted by atomic mass is 10.2. The van der Waals surface area contributed by atoms with Crippen LogP contribution in [0.3, 0.4) is 0 Å². The molecular formula is C16H14FNO4. The third kappa shape index (κ3) is 4.31. The van der Waals surface area contributed by atoms with Crippen molar-refractivity contribution in [2.24, 2.45) is 0 Å². The van der Waals surface area contributed by atoms with Crippen LogP contribution >= 0.6 is 0 Å². The minimum Gasteiger partial charge on any atom is -0.502 e. The Balaban J connectivity index is 1.97. The molecule has 0 amide bonds. The molecule has 0 spiro atoms. The highest BCUT2D eigenvalue weighted by atomic mass is 19.1. The van der Waals surface area contributed by atoms with Crippen LogP contribution in [0.15, 0.2) is 48.4 Å². The Morgan fingerprint density at radius 1 is 1.27 bits per heavy atom. The van der Waals surface area contributed by atoms with Crippen LogP contribution in [-0.4, -0.2) is 23.2 Å². The lowest BCUT2D eigenvalue weighted by molar-refractivity contribution is -0.138. The van der Waals surface area contributed by atoms with E-state index in [4.69, 9.17) is 4.74 Å². The molecule has 114 valence electrons. The zero-order valence-electron chi connectivity index (χ0n) is 11.8. The summed E-state index contributed by atoms with van der Waals surface area (Å²) in [4.78, 5) is 15.1. The molecule has 5 nitrogen and oxygen atoms in total. The van der Waals surface area contributed by atoms with Gasteiger partial charge in [-0.1, -0.05) is 12.1 Å². The number of methoxy groups -OCH3 is 1. The zero-order valence-corrected chi connectivity index (χ0v) is 11.8. The average molecular weight is 303 g/mol. The molecule has 0 fully saturated rings. The van der Waals surface area contributed by atoms with Crippen LogP contribution in [0.25, 0.3) is 6.08 Å². The number of rotatable bonds is 5. The van der Waals surface area contributed by atoms with Crippen LogP contribution in [-0.2, 0) is 16.1 Å². The van der Waals surface area contributed by atoms with E-state index in [1.807, 2.05) is 0 Å². The van der Waals surface area contributed by atoms with Gasteiger partial charge in [0.05, 0.1) is 19.0 Å². The number of nitrogens with zero attached hydrogens (tertiary/aromatic N) is 1. The lowest BCUT2D eigenvalue weighted by Crippen LogP contribution is -2.03. The Morgan fingerprint density at radius 2 is 2.00 bits per heavy atom. The topological polar surface area (TPSA) is 68.7 Å². The molecule has 0 atom stereocenters. The van der Waals surface area contributed by atoms with E-state index in [9.17, 15) is 14.3 Å². The van der Waals surface area contributed by atoms with Crippen molar-refractivity contribution in [1.82, 2.24) is 4.98 Å². The molecule has 2 rings (SSSR count). The van der Waals surface area contributed by atoms with E-state index in [0.717, 1.165) is 5.56 Å².